The van der Waals surface area contributed by atoms with Crippen LogP contribution in [0.5, 0.6) is 0 Å². The van der Waals surface area contributed by atoms with Crippen LogP contribution in [0.1, 0.15) is 72.1 Å². The van der Waals surface area contributed by atoms with Gasteiger partial charge >= 0.3 is 5.97 Å². The van der Waals surface area contributed by atoms with Crippen molar-refractivity contribution in [1.82, 2.24) is 0 Å². The monoisotopic (exact) mass is 228 g/mol. The maximum atomic E-state index is 11.1. The molecule has 0 spiro atoms. The summed E-state index contributed by atoms with van der Waals surface area (Å²) in [5, 5.41) is 9.12. The van der Waals surface area contributed by atoms with Crippen molar-refractivity contribution < 1.29 is 9.90 Å². The highest BCUT2D eigenvalue weighted by Gasteiger charge is 2.18. The number of rotatable bonds is 10. The van der Waals surface area contributed by atoms with Crippen molar-refractivity contribution in [2.75, 3.05) is 0 Å². The molecule has 0 radical (unpaired) electrons. The fourth-order valence-electron chi connectivity index (χ4n) is 1.99. The zero-order valence-corrected chi connectivity index (χ0v) is 11.2. The van der Waals surface area contributed by atoms with Crippen molar-refractivity contribution in [1.29, 1.82) is 0 Å². The Kier molecular flexibility index (Phi) is 9.36. The smallest absolute Gasteiger partial charge is 0.306 e. The van der Waals surface area contributed by atoms with Gasteiger partial charge < -0.3 is 5.11 Å². The van der Waals surface area contributed by atoms with E-state index in [2.05, 4.69) is 20.8 Å². The van der Waals surface area contributed by atoms with E-state index in [-0.39, 0.29) is 5.92 Å². The van der Waals surface area contributed by atoms with E-state index < -0.39 is 5.97 Å². The minimum atomic E-state index is -0.601. The van der Waals surface area contributed by atoms with E-state index in [1.165, 1.54) is 25.7 Å². The van der Waals surface area contributed by atoms with Crippen LogP contribution in [-0.2, 0) is 4.79 Å². The average molecular weight is 228 g/mol. The third kappa shape index (κ3) is 7.72. The lowest BCUT2D eigenvalue weighted by Crippen LogP contribution is -2.16. The summed E-state index contributed by atoms with van der Waals surface area (Å²) in [6.07, 6.45) is 8.85. The van der Waals surface area contributed by atoms with Gasteiger partial charge in [-0.1, -0.05) is 59.3 Å². The Bertz CT molecular complexity index is 178. The van der Waals surface area contributed by atoms with Gasteiger partial charge in [-0.25, -0.2) is 0 Å². The summed E-state index contributed by atoms with van der Waals surface area (Å²) in [5.41, 5.74) is 0. The molecule has 0 aliphatic heterocycles. The molecule has 1 N–H and O–H groups in total. The number of aliphatic carboxylic acids is 1. The zero-order valence-electron chi connectivity index (χ0n) is 11.2. The molecular weight excluding hydrogens is 200 g/mol. The fraction of sp³-hybridized carbons (Fsp3) is 0.929. The molecule has 0 amide bonds. The number of hydrogen-bond acceptors (Lipinski definition) is 1. The molecule has 0 bridgehead atoms. The lowest BCUT2D eigenvalue weighted by atomic mass is 9.90. The minimum Gasteiger partial charge on any atom is -0.481 e. The normalized spacial score (nSPS) is 14.7. The second kappa shape index (κ2) is 9.68. The van der Waals surface area contributed by atoms with Crippen LogP contribution >= 0.6 is 0 Å². The van der Waals surface area contributed by atoms with Gasteiger partial charge in [-0.3, -0.25) is 4.79 Å². The van der Waals surface area contributed by atoms with Gasteiger partial charge in [0.25, 0.3) is 0 Å². The summed E-state index contributed by atoms with van der Waals surface area (Å²) in [7, 11) is 0. The summed E-state index contributed by atoms with van der Waals surface area (Å²) in [6.45, 7) is 6.47. The molecule has 96 valence electrons. The summed E-state index contributed by atoms with van der Waals surface area (Å²) in [4.78, 5) is 11.1. The van der Waals surface area contributed by atoms with E-state index in [1.54, 1.807) is 0 Å². The Morgan fingerprint density at radius 1 is 1.12 bits per heavy atom. The highest BCUT2D eigenvalue weighted by atomic mass is 16.4. The summed E-state index contributed by atoms with van der Waals surface area (Å²) in [5.74, 6) is -0.177. The van der Waals surface area contributed by atoms with Crippen molar-refractivity contribution in [3.63, 3.8) is 0 Å². The standard InChI is InChI=1S/C14H28O2/c1-4-6-7-8-9-10-13(14(15)16)11-12(3)5-2/h12-13H,4-11H2,1-3H3,(H,15,16). The molecular formula is C14H28O2. The largest absolute Gasteiger partial charge is 0.481 e. The second-order valence-corrected chi connectivity index (χ2v) is 4.99. The third-order valence-electron chi connectivity index (χ3n) is 3.39. The van der Waals surface area contributed by atoms with Crippen LogP contribution in [0.4, 0.5) is 0 Å². The van der Waals surface area contributed by atoms with E-state index in [9.17, 15) is 4.79 Å². The molecule has 0 rings (SSSR count). The number of carbonyl (C=O) groups is 1. The molecule has 0 saturated carbocycles. The molecule has 0 saturated heterocycles. The molecule has 16 heavy (non-hydrogen) atoms. The average Bonchev–Trinajstić information content (AvgIpc) is 2.26. The Balaban J connectivity index is 3.73. The van der Waals surface area contributed by atoms with Crippen LogP contribution in [0.2, 0.25) is 0 Å². The van der Waals surface area contributed by atoms with Gasteiger partial charge in [-0.15, -0.1) is 0 Å². The maximum Gasteiger partial charge on any atom is 0.306 e. The quantitative estimate of drug-likeness (QED) is 0.560. The van der Waals surface area contributed by atoms with Crippen LogP contribution in [-0.4, -0.2) is 11.1 Å². The molecule has 2 unspecified atom stereocenters. The van der Waals surface area contributed by atoms with Crippen LogP contribution < -0.4 is 0 Å². The number of carboxylic acids is 1. The molecule has 0 aromatic rings. The van der Waals surface area contributed by atoms with Gasteiger partial charge in [-0.2, -0.15) is 0 Å². The van der Waals surface area contributed by atoms with E-state index >= 15 is 0 Å². The Morgan fingerprint density at radius 3 is 2.25 bits per heavy atom. The van der Waals surface area contributed by atoms with Crippen molar-refractivity contribution in [3.05, 3.63) is 0 Å². The highest BCUT2D eigenvalue weighted by Crippen LogP contribution is 2.21. The summed E-state index contributed by atoms with van der Waals surface area (Å²) in [6, 6.07) is 0. The third-order valence-corrected chi connectivity index (χ3v) is 3.39. The molecule has 0 aromatic carbocycles. The first-order valence-electron chi connectivity index (χ1n) is 6.84. The molecule has 0 fully saturated rings. The van der Waals surface area contributed by atoms with E-state index in [0.717, 1.165) is 25.7 Å². The first-order chi connectivity index (χ1) is 7.61. The molecule has 2 nitrogen and oxygen atoms in total. The van der Waals surface area contributed by atoms with Gasteiger partial charge in [0.2, 0.25) is 0 Å². The van der Waals surface area contributed by atoms with Crippen molar-refractivity contribution in [2.45, 2.75) is 72.1 Å². The molecule has 0 aliphatic rings. The van der Waals surface area contributed by atoms with Crippen LogP contribution in [0.3, 0.4) is 0 Å². The molecule has 0 aromatic heterocycles. The van der Waals surface area contributed by atoms with E-state index in [1.807, 2.05) is 0 Å². The van der Waals surface area contributed by atoms with Gasteiger partial charge in [-0.05, 0) is 18.8 Å². The van der Waals surface area contributed by atoms with Gasteiger partial charge in [0.1, 0.15) is 0 Å². The summed E-state index contributed by atoms with van der Waals surface area (Å²) >= 11 is 0. The Morgan fingerprint density at radius 2 is 1.75 bits per heavy atom. The first-order valence-corrected chi connectivity index (χ1v) is 6.84. The van der Waals surface area contributed by atoms with Crippen LogP contribution in [0, 0.1) is 11.8 Å². The fourth-order valence-corrected chi connectivity index (χ4v) is 1.99. The van der Waals surface area contributed by atoms with Gasteiger partial charge in [0, 0.05) is 0 Å². The highest BCUT2D eigenvalue weighted by molar-refractivity contribution is 5.69. The lowest BCUT2D eigenvalue weighted by molar-refractivity contribution is -0.142. The maximum absolute atomic E-state index is 11.1. The minimum absolute atomic E-state index is 0.114. The number of hydrogen-bond donors (Lipinski definition) is 1. The van der Waals surface area contributed by atoms with Gasteiger partial charge in [0.05, 0.1) is 5.92 Å². The van der Waals surface area contributed by atoms with Crippen LogP contribution in [0.15, 0.2) is 0 Å². The van der Waals surface area contributed by atoms with Crippen molar-refractivity contribution >= 4 is 5.97 Å². The molecule has 0 heterocycles. The predicted octanol–water partition coefficient (Wildman–Crippen LogP) is 4.48. The van der Waals surface area contributed by atoms with Crippen molar-refractivity contribution in [3.8, 4) is 0 Å². The summed E-state index contributed by atoms with van der Waals surface area (Å²) < 4.78 is 0. The van der Waals surface area contributed by atoms with Crippen molar-refractivity contribution in [2.24, 2.45) is 11.8 Å². The SMILES string of the molecule is CCCCCCCC(CC(C)CC)C(=O)O. The number of carboxylic acid groups (broad SMARTS) is 1. The number of unbranched alkanes of at least 4 members (excludes halogenated alkanes) is 4. The molecule has 2 heteroatoms. The second-order valence-electron chi connectivity index (χ2n) is 4.99. The lowest BCUT2D eigenvalue weighted by Gasteiger charge is -2.16. The molecule has 2 atom stereocenters. The Labute approximate surface area is 100 Å². The van der Waals surface area contributed by atoms with E-state index in [0.29, 0.717) is 5.92 Å². The van der Waals surface area contributed by atoms with Crippen LogP contribution in [0.25, 0.3) is 0 Å². The Hall–Kier alpha value is -0.530. The van der Waals surface area contributed by atoms with E-state index in [4.69, 9.17) is 5.11 Å². The topological polar surface area (TPSA) is 37.3 Å². The van der Waals surface area contributed by atoms with Gasteiger partial charge in [0.15, 0.2) is 0 Å². The zero-order chi connectivity index (χ0) is 12.4. The first kappa shape index (κ1) is 15.5. The molecule has 0 aliphatic carbocycles. The predicted molar refractivity (Wildman–Crippen MR) is 68.6 cm³/mol.